The van der Waals surface area contributed by atoms with Crippen LogP contribution in [-0.4, -0.2) is 38.6 Å². The molecule has 2 atom stereocenters. The second-order valence-corrected chi connectivity index (χ2v) is 5.71. The molecule has 1 aliphatic carbocycles. The number of amides is 1. The fourth-order valence-electron chi connectivity index (χ4n) is 2.71. The average molecular weight is 289 g/mol. The van der Waals surface area contributed by atoms with Gasteiger partial charge in [0.05, 0.1) is 14.2 Å². The third-order valence-corrected chi connectivity index (χ3v) is 3.83. The van der Waals surface area contributed by atoms with E-state index < -0.39 is 0 Å². The molecule has 114 valence electrons. The number of nitrogens with zero attached hydrogens (tertiary/aromatic N) is 1. The van der Waals surface area contributed by atoms with Crippen LogP contribution in [0.4, 0.5) is 0 Å². The van der Waals surface area contributed by atoms with Gasteiger partial charge in [0.1, 0.15) is 11.5 Å². The van der Waals surface area contributed by atoms with Gasteiger partial charge in [-0.05, 0) is 31.5 Å². The molecule has 0 radical (unpaired) electrons. The van der Waals surface area contributed by atoms with Gasteiger partial charge in [0.2, 0.25) is 5.91 Å². The minimum Gasteiger partial charge on any atom is -0.497 e. The largest absolute Gasteiger partial charge is 0.497 e. The molecule has 21 heavy (non-hydrogen) atoms. The quantitative estimate of drug-likeness (QED) is 0.756. The maximum absolute atomic E-state index is 12.4. The molecule has 4 nitrogen and oxygen atoms in total. The SMILES string of the molecule is C=C(C)CN(C)C(=O)[C@H]1C[C@@H]1c1cc(OC)ccc1OC. The van der Waals surface area contributed by atoms with Gasteiger partial charge in [0.25, 0.3) is 0 Å². The van der Waals surface area contributed by atoms with Crippen molar-refractivity contribution in [3.63, 3.8) is 0 Å². The Morgan fingerprint density at radius 2 is 2.10 bits per heavy atom. The van der Waals surface area contributed by atoms with E-state index in [1.807, 2.05) is 32.2 Å². The van der Waals surface area contributed by atoms with Crippen LogP contribution in [0.15, 0.2) is 30.4 Å². The summed E-state index contributed by atoms with van der Waals surface area (Å²) in [7, 11) is 5.12. The summed E-state index contributed by atoms with van der Waals surface area (Å²) in [5.74, 6) is 2.04. The Kier molecular flexibility index (Phi) is 4.56. The number of hydrogen-bond acceptors (Lipinski definition) is 3. The van der Waals surface area contributed by atoms with Crippen molar-refractivity contribution >= 4 is 5.91 Å². The second kappa shape index (κ2) is 6.20. The molecule has 1 saturated carbocycles. The van der Waals surface area contributed by atoms with E-state index in [0.717, 1.165) is 29.1 Å². The van der Waals surface area contributed by atoms with E-state index in [9.17, 15) is 4.79 Å². The van der Waals surface area contributed by atoms with Crippen molar-refractivity contribution in [2.45, 2.75) is 19.3 Å². The highest BCUT2D eigenvalue weighted by atomic mass is 16.5. The summed E-state index contributed by atoms with van der Waals surface area (Å²) in [5, 5.41) is 0. The summed E-state index contributed by atoms with van der Waals surface area (Å²) in [5.41, 5.74) is 2.04. The Bertz CT molecular complexity index is 553. The van der Waals surface area contributed by atoms with Crippen LogP contribution in [0.1, 0.15) is 24.8 Å². The summed E-state index contributed by atoms with van der Waals surface area (Å²) < 4.78 is 10.7. The Balaban J connectivity index is 2.12. The molecule has 4 heteroatoms. The highest BCUT2D eigenvalue weighted by Crippen LogP contribution is 2.51. The van der Waals surface area contributed by atoms with Crippen molar-refractivity contribution in [2.24, 2.45) is 5.92 Å². The van der Waals surface area contributed by atoms with Gasteiger partial charge in [0, 0.05) is 31.0 Å². The number of likely N-dealkylation sites (N-methyl/N-ethyl adjacent to an activating group) is 1. The number of carbonyl (C=O) groups is 1. The molecule has 0 spiro atoms. The molecule has 0 heterocycles. The molecule has 0 N–H and O–H groups in total. The predicted octanol–water partition coefficient (Wildman–Crippen LogP) is 2.84. The first-order chi connectivity index (χ1) is 9.97. The number of methoxy groups -OCH3 is 2. The summed E-state index contributed by atoms with van der Waals surface area (Å²) >= 11 is 0. The van der Waals surface area contributed by atoms with E-state index in [0.29, 0.717) is 6.54 Å². The van der Waals surface area contributed by atoms with Crippen molar-refractivity contribution in [2.75, 3.05) is 27.8 Å². The van der Waals surface area contributed by atoms with Crippen molar-refractivity contribution in [3.05, 3.63) is 35.9 Å². The summed E-state index contributed by atoms with van der Waals surface area (Å²) in [6.45, 7) is 6.39. The van der Waals surface area contributed by atoms with Crippen molar-refractivity contribution < 1.29 is 14.3 Å². The summed E-state index contributed by atoms with van der Waals surface area (Å²) in [6.07, 6.45) is 0.864. The highest BCUT2D eigenvalue weighted by Gasteiger charge is 2.46. The van der Waals surface area contributed by atoms with Crippen LogP contribution in [0.3, 0.4) is 0 Å². The first kappa shape index (κ1) is 15.4. The van der Waals surface area contributed by atoms with Gasteiger partial charge in [-0.2, -0.15) is 0 Å². The molecule has 0 bridgehead atoms. The van der Waals surface area contributed by atoms with Gasteiger partial charge in [-0.25, -0.2) is 0 Å². The minimum atomic E-state index is 0.0374. The van der Waals surface area contributed by atoms with Gasteiger partial charge in [-0.3, -0.25) is 4.79 Å². The molecule has 2 rings (SSSR count). The van der Waals surface area contributed by atoms with E-state index in [1.54, 1.807) is 19.1 Å². The highest BCUT2D eigenvalue weighted by molar-refractivity contribution is 5.83. The lowest BCUT2D eigenvalue weighted by Crippen LogP contribution is -2.29. The van der Waals surface area contributed by atoms with Gasteiger partial charge in [-0.1, -0.05) is 12.2 Å². The van der Waals surface area contributed by atoms with E-state index in [1.165, 1.54) is 0 Å². The van der Waals surface area contributed by atoms with Crippen LogP contribution < -0.4 is 9.47 Å². The Morgan fingerprint density at radius 1 is 1.38 bits per heavy atom. The zero-order valence-electron chi connectivity index (χ0n) is 13.2. The smallest absolute Gasteiger partial charge is 0.226 e. The summed E-state index contributed by atoms with van der Waals surface area (Å²) in [6, 6.07) is 5.73. The van der Waals surface area contributed by atoms with Crippen LogP contribution in [0, 0.1) is 5.92 Å². The Hall–Kier alpha value is -1.97. The molecule has 1 amide bonds. The van der Waals surface area contributed by atoms with E-state index in [4.69, 9.17) is 9.47 Å². The van der Waals surface area contributed by atoms with Crippen LogP contribution in [0.25, 0.3) is 0 Å². The monoisotopic (exact) mass is 289 g/mol. The molecule has 1 aromatic rings. The zero-order valence-corrected chi connectivity index (χ0v) is 13.2. The maximum Gasteiger partial charge on any atom is 0.226 e. The summed E-state index contributed by atoms with van der Waals surface area (Å²) in [4.78, 5) is 14.1. The number of benzene rings is 1. The zero-order chi connectivity index (χ0) is 15.6. The Morgan fingerprint density at radius 3 is 2.67 bits per heavy atom. The lowest BCUT2D eigenvalue weighted by Gasteiger charge is -2.17. The number of carbonyl (C=O) groups excluding carboxylic acids is 1. The fraction of sp³-hybridized carbons (Fsp3) is 0.471. The molecule has 0 saturated heterocycles. The third kappa shape index (κ3) is 3.38. The normalized spacial score (nSPS) is 19.8. The molecule has 1 aliphatic rings. The third-order valence-electron chi connectivity index (χ3n) is 3.83. The minimum absolute atomic E-state index is 0.0374. The van der Waals surface area contributed by atoms with Gasteiger partial charge >= 0.3 is 0 Å². The topological polar surface area (TPSA) is 38.8 Å². The number of hydrogen-bond donors (Lipinski definition) is 0. The van der Waals surface area contributed by atoms with Gasteiger partial charge < -0.3 is 14.4 Å². The molecular weight excluding hydrogens is 266 g/mol. The number of ether oxygens (including phenoxy) is 2. The van der Waals surface area contributed by atoms with Crippen LogP contribution in [-0.2, 0) is 4.79 Å². The lowest BCUT2D eigenvalue weighted by atomic mass is 10.1. The van der Waals surface area contributed by atoms with E-state index in [-0.39, 0.29) is 17.7 Å². The van der Waals surface area contributed by atoms with Crippen molar-refractivity contribution in [1.82, 2.24) is 4.90 Å². The van der Waals surface area contributed by atoms with Crippen molar-refractivity contribution in [3.8, 4) is 11.5 Å². The average Bonchev–Trinajstić information content (AvgIpc) is 3.25. The predicted molar refractivity (Wildman–Crippen MR) is 82.8 cm³/mol. The standard InChI is InChI=1S/C17H23NO3/c1-11(2)10-18(3)17(19)15-9-13(15)14-8-12(20-4)6-7-16(14)21-5/h6-8,13,15H,1,9-10H2,2-5H3/t13-,15+/m1/s1. The Labute approximate surface area is 126 Å². The molecule has 0 aliphatic heterocycles. The molecule has 1 fully saturated rings. The lowest BCUT2D eigenvalue weighted by molar-refractivity contribution is -0.130. The number of rotatable bonds is 6. The van der Waals surface area contributed by atoms with Crippen LogP contribution in [0.2, 0.25) is 0 Å². The van der Waals surface area contributed by atoms with E-state index in [2.05, 4.69) is 6.58 Å². The molecule has 1 aromatic carbocycles. The van der Waals surface area contributed by atoms with E-state index >= 15 is 0 Å². The maximum atomic E-state index is 12.4. The van der Waals surface area contributed by atoms with Gasteiger partial charge in [0.15, 0.2) is 0 Å². The molecule has 0 unspecified atom stereocenters. The van der Waals surface area contributed by atoms with Gasteiger partial charge in [-0.15, -0.1) is 0 Å². The first-order valence-corrected chi connectivity index (χ1v) is 7.09. The molecule has 0 aromatic heterocycles. The molecular formula is C17H23NO3. The van der Waals surface area contributed by atoms with Crippen LogP contribution in [0.5, 0.6) is 11.5 Å². The van der Waals surface area contributed by atoms with Crippen molar-refractivity contribution in [1.29, 1.82) is 0 Å². The second-order valence-electron chi connectivity index (χ2n) is 5.71. The van der Waals surface area contributed by atoms with Crippen LogP contribution >= 0.6 is 0 Å². The fourth-order valence-corrected chi connectivity index (χ4v) is 2.71. The first-order valence-electron chi connectivity index (χ1n) is 7.09.